The highest BCUT2D eigenvalue weighted by atomic mass is 16.6. The fraction of sp³-hybridized carbons (Fsp3) is 0.647. The zero-order valence-corrected chi connectivity index (χ0v) is 13.8. The van der Waals surface area contributed by atoms with Gasteiger partial charge in [-0.15, -0.1) is 0 Å². The van der Waals surface area contributed by atoms with Crippen molar-refractivity contribution in [3.63, 3.8) is 0 Å². The number of ether oxygens (including phenoxy) is 2. The highest BCUT2D eigenvalue weighted by molar-refractivity contribution is 5.90. The van der Waals surface area contributed by atoms with Crippen LogP contribution in [-0.2, 0) is 15.9 Å². The summed E-state index contributed by atoms with van der Waals surface area (Å²) in [5.41, 5.74) is 1.95. The molecule has 2 aromatic heterocycles. The zero-order chi connectivity index (χ0) is 15.9. The molecule has 2 fully saturated rings. The Bertz CT molecular complexity index is 693. The summed E-state index contributed by atoms with van der Waals surface area (Å²) in [6, 6.07) is 0.249. The number of aromatic nitrogens is 3. The first kappa shape index (κ1) is 14.9. The van der Waals surface area contributed by atoms with Crippen LogP contribution >= 0.6 is 0 Å². The summed E-state index contributed by atoms with van der Waals surface area (Å²) in [6.45, 7) is 5.75. The summed E-state index contributed by atoms with van der Waals surface area (Å²) >= 11 is 0. The summed E-state index contributed by atoms with van der Waals surface area (Å²) in [5, 5.41) is 4.73. The molecule has 0 aromatic carbocycles. The van der Waals surface area contributed by atoms with E-state index in [4.69, 9.17) is 9.47 Å². The number of nitrogens with one attached hydrogen (secondary N) is 2. The smallest absolute Gasteiger partial charge is 0.143 e. The maximum Gasteiger partial charge on any atom is 0.143 e. The number of H-pyrrole nitrogens is 1. The summed E-state index contributed by atoms with van der Waals surface area (Å²) < 4.78 is 12.0. The van der Waals surface area contributed by atoms with Crippen molar-refractivity contribution in [3.8, 4) is 0 Å². The van der Waals surface area contributed by atoms with Gasteiger partial charge in [0.1, 0.15) is 23.4 Å². The SMILES string of the molecule is CCOC1CC(Nc2ncnc3[nH]cc(CC)c23)C12CCCO2. The van der Waals surface area contributed by atoms with E-state index in [1.165, 1.54) is 5.56 Å². The minimum Gasteiger partial charge on any atom is -0.375 e. The van der Waals surface area contributed by atoms with E-state index < -0.39 is 0 Å². The number of anilines is 1. The largest absolute Gasteiger partial charge is 0.375 e. The first-order chi connectivity index (χ1) is 11.3. The Labute approximate surface area is 136 Å². The van der Waals surface area contributed by atoms with E-state index in [0.29, 0.717) is 0 Å². The Morgan fingerprint density at radius 2 is 2.35 bits per heavy atom. The minimum atomic E-state index is -0.185. The van der Waals surface area contributed by atoms with Crippen LogP contribution in [0.5, 0.6) is 0 Å². The van der Waals surface area contributed by atoms with Gasteiger partial charge in [0.05, 0.1) is 17.5 Å². The van der Waals surface area contributed by atoms with Crippen LogP contribution in [0.25, 0.3) is 11.0 Å². The van der Waals surface area contributed by atoms with E-state index in [1.807, 2.05) is 13.1 Å². The molecule has 1 aliphatic heterocycles. The van der Waals surface area contributed by atoms with Crippen LogP contribution in [-0.4, -0.2) is 45.9 Å². The second-order valence-electron chi connectivity index (χ2n) is 6.40. The van der Waals surface area contributed by atoms with Crippen molar-refractivity contribution in [1.29, 1.82) is 0 Å². The topological polar surface area (TPSA) is 72.1 Å². The maximum absolute atomic E-state index is 6.14. The third-order valence-corrected chi connectivity index (χ3v) is 5.28. The Hall–Kier alpha value is -1.66. The van der Waals surface area contributed by atoms with E-state index in [9.17, 15) is 0 Å². The Balaban J connectivity index is 1.62. The standard InChI is InChI=1S/C17H24N4O2/c1-3-11-9-18-15-14(11)16(20-10-19-15)21-12-8-13(22-4-2)17(12)6-5-7-23-17/h9-10,12-13H,3-8H2,1-2H3,(H2,18,19,20,21). The van der Waals surface area contributed by atoms with Crippen molar-refractivity contribution in [3.05, 3.63) is 18.1 Å². The maximum atomic E-state index is 6.14. The van der Waals surface area contributed by atoms with Gasteiger partial charge in [-0.05, 0) is 38.2 Å². The van der Waals surface area contributed by atoms with E-state index in [2.05, 4.69) is 27.2 Å². The van der Waals surface area contributed by atoms with E-state index in [-0.39, 0.29) is 17.7 Å². The van der Waals surface area contributed by atoms with Crippen molar-refractivity contribution in [1.82, 2.24) is 15.0 Å². The van der Waals surface area contributed by atoms with Crippen LogP contribution in [0.3, 0.4) is 0 Å². The quantitative estimate of drug-likeness (QED) is 0.887. The van der Waals surface area contributed by atoms with Gasteiger partial charge < -0.3 is 19.8 Å². The van der Waals surface area contributed by atoms with Crippen LogP contribution < -0.4 is 5.32 Å². The van der Waals surface area contributed by atoms with Gasteiger partial charge in [0, 0.05) is 19.4 Å². The Morgan fingerprint density at radius 3 is 3.09 bits per heavy atom. The molecule has 0 radical (unpaired) electrons. The molecule has 1 spiro atoms. The molecule has 3 unspecified atom stereocenters. The molecule has 6 nitrogen and oxygen atoms in total. The highest BCUT2D eigenvalue weighted by Crippen LogP contribution is 2.47. The molecular formula is C17H24N4O2. The van der Waals surface area contributed by atoms with Gasteiger partial charge in [0.2, 0.25) is 0 Å². The van der Waals surface area contributed by atoms with Crippen molar-refractivity contribution in [2.45, 2.75) is 57.3 Å². The van der Waals surface area contributed by atoms with Crippen molar-refractivity contribution in [2.24, 2.45) is 0 Å². The molecule has 124 valence electrons. The second-order valence-corrected chi connectivity index (χ2v) is 6.40. The van der Waals surface area contributed by atoms with Gasteiger partial charge in [-0.2, -0.15) is 0 Å². The summed E-state index contributed by atoms with van der Waals surface area (Å²) in [7, 11) is 0. The van der Waals surface area contributed by atoms with E-state index >= 15 is 0 Å². The molecule has 2 N–H and O–H groups in total. The van der Waals surface area contributed by atoms with Crippen molar-refractivity contribution in [2.75, 3.05) is 18.5 Å². The fourth-order valence-electron chi connectivity index (χ4n) is 4.06. The Morgan fingerprint density at radius 1 is 1.43 bits per heavy atom. The second kappa shape index (κ2) is 5.76. The van der Waals surface area contributed by atoms with Gasteiger partial charge in [-0.1, -0.05) is 6.92 Å². The Kier molecular flexibility index (Phi) is 3.73. The first-order valence-corrected chi connectivity index (χ1v) is 8.61. The number of aromatic amines is 1. The molecule has 23 heavy (non-hydrogen) atoms. The van der Waals surface area contributed by atoms with Crippen molar-refractivity contribution < 1.29 is 9.47 Å². The number of hydrogen-bond acceptors (Lipinski definition) is 5. The monoisotopic (exact) mass is 316 g/mol. The molecular weight excluding hydrogens is 292 g/mol. The molecule has 1 saturated heterocycles. The van der Waals surface area contributed by atoms with Gasteiger partial charge >= 0.3 is 0 Å². The molecule has 2 aliphatic rings. The average molecular weight is 316 g/mol. The number of hydrogen-bond donors (Lipinski definition) is 2. The molecule has 1 aliphatic carbocycles. The van der Waals surface area contributed by atoms with Crippen LogP contribution in [0.4, 0.5) is 5.82 Å². The molecule has 1 saturated carbocycles. The third-order valence-electron chi connectivity index (χ3n) is 5.28. The molecule has 3 atom stereocenters. The average Bonchev–Trinajstić information content (AvgIpc) is 3.22. The summed E-state index contributed by atoms with van der Waals surface area (Å²) in [4.78, 5) is 12.1. The lowest BCUT2D eigenvalue weighted by Gasteiger charge is -2.52. The molecule has 0 amide bonds. The lowest BCUT2D eigenvalue weighted by atomic mass is 9.70. The fourth-order valence-corrected chi connectivity index (χ4v) is 4.06. The molecule has 3 heterocycles. The number of nitrogens with zero attached hydrogens (tertiary/aromatic N) is 2. The number of rotatable bonds is 5. The van der Waals surface area contributed by atoms with Gasteiger partial charge in [0.15, 0.2) is 0 Å². The number of fused-ring (bicyclic) bond motifs is 1. The van der Waals surface area contributed by atoms with Crippen LogP contribution in [0.15, 0.2) is 12.5 Å². The van der Waals surface area contributed by atoms with Gasteiger partial charge in [0.25, 0.3) is 0 Å². The zero-order valence-electron chi connectivity index (χ0n) is 13.8. The third kappa shape index (κ3) is 2.23. The van der Waals surface area contributed by atoms with Gasteiger partial charge in [-0.25, -0.2) is 9.97 Å². The van der Waals surface area contributed by atoms with Crippen molar-refractivity contribution >= 4 is 16.9 Å². The lowest BCUT2D eigenvalue weighted by molar-refractivity contribution is -0.184. The molecule has 0 bridgehead atoms. The molecule has 4 rings (SSSR count). The first-order valence-electron chi connectivity index (χ1n) is 8.61. The number of aryl methyl sites for hydroxylation is 1. The van der Waals surface area contributed by atoms with Crippen LogP contribution in [0.2, 0.25) is 0 Å². The van der Waals surface area contributed by atoms with Crippen LogP contribution in [0.1, 0.15) is 38.7 Å². The summed E-state index contributed by atoms with van der Waals surface area (Å²) in [6.07, 6.45) is 7.91. The normalized spacial score (nSPS) is 30.0. The van der Waals surface area contributed by atoms with Gasteiger partial charge in [-0.3, -0.25) is 0 Å². The van der Waals surface area contributed by atoms with E-state index in [1.54, 1.807) is 6.33 Å². The minimum absolute atomic E-state index is 0.185. The molecule has 2 aromatic rings. The lowest BCUT2D eigenvalue weighted by Crippen LogP contribution is -2.66. The predicted octanol–water partition coefficient (Wildman–Crippen LogP) is 2.66. The highest BCUT2D eigenvalue weighted by Gasteiger charge is 2.59. The predicted molar refractivity (Wildman–Crippen MR) is 88.6 cm³/mol. The summed E-state index contributed by atoms with van der Waals surface area (Å²) in [5.74, 6) is 0.905. The van der Waals surface area contributed by atoms with E-state index in [0.717, 1.165) is 55.7 Å². The molecule has 6 heteroatoms. The van der Waals surface area contributed by atoms with Crippen LogP contribution in [0, 0.1) is 0 Å².